The number of carbonyl (C=O) groups excluding carboxylic acids is 1. The Hall–Kier alpha value is -1.97. The standard InChI is InChI=1S/C9H13NO.C7H6O/c1-2-11-9(10)8-6-4-3-5-7-8;8-6-7-4-2-1-3-5-7/h3-7,9H,2,10H2,1H3;1-6H. The molecule has 0 aliphatic carbocycles. The average molecular weight is 257 g/mol. The van der Waals surface area contributed by atoms with Gasteiger partial charge in [0.05, 0.1) is 0 Å². The number of nitrogens with two attached hydrogens (primary N) is 1. The molecule has 0 spiro atoms. The molecule has 1 atom stereocenters. The number of hydrogen-bond acceptors (Lipinski definition) is 3. The Morgan fingerprint density at radius 3 is 2.00 bits per heavy atom. The van der Waals surface area contributed by atoms with Gasteiger partial charge in [0.15, 0.2) is 0 Å². The first-order chi connectivity index (χ1) is 9.27. The lowest BCUT2D eigenvalue weighted by Gasteiger charge is -2.10. The van der Waals surface area contributed by atoms with Gasteiger partial charge in [-0.25, -0.2) is 0 Å². The monoisotopic (exact) mass is 257 g/mol. The molecule has 0 fully saturated rings. The van der Waals surface area contributed by atoms with Crippen LogP contribution in [0.3, 0.4) is 0 Å². The lowest BCUT2D eigenvalue weighted by molar-refractivity contribution is 0.0674. The van der Waals surface area contributed by atoms with Crippen molar-refractivity contribution in [2.75, 3.05) is 6.61 Å². The van der Waals surface area contributed by atoms with Crippen molar-refractivity contribution < 1.29 is 9.53 Å². The number of hydrogen-bond donors (Lipinski definition) is 1. The molecule has 0 saturated carbocycles. The molecule has 0 radical (unpaired) electrons. The molecular weight excluding hydrogens is 238 g/mol. The predicted molar refractivity (Wildman–Crippen MR) is 76.8 cm³/mol. The topological polar surface area (TPSA) is 52.3 Å². The highest BCUT2D eigenvalue weighted by Gasteiger charge is 2.01. The molecule has 100 valence electrons. The van der Waals surface area contributed by atoms with Crippen LogP contribution in [-0.2, 0) is 4.74 Å². The first kappa shape index (κ1) is 15.1. The van der Waals surface area contributed by atoms with E-state index in [0.717, 1.165) is 17.4 Å². The fraction of sp³-hybridized carbons (Fsp3) is 0.188. The highest BCUT2D eigenvalue weighted by atomic mass is 16.5. The zero-order valence-electron chi connectivity index (χ0n) is 11.0. The Balaban J connectivity index is 0.000000200. The maximum Gasteiger partial charge on any atom is 0.150 e. The zero-order chi connectivity index (χ0) is 13.9. The molecule has 0 aliphatic rings. The molecule has 0 aromatic heterocycles. The van der Waals surface area contributed by atoms with Gasteiger partial charge in [0, 0.05) is 12.2 Å². The fourth-order valence-corrected chi connectivity index (χ4v) is 1.45. The van der Waals surface area contributed by atoms with Gasteiger partial charge in [-0.15, -0.1) is 0 Å². The van der Waals surface area contributed by atoms with Crippen LogP contribution in [0.4, 0.5) is 0 Å². The van der Waals surface area contributed by atoms with Crippen molar-refractivity contribution in [1.29, 1.82) is 0 Å². The van der Waals surface area contributed by atoms with Gasteiger partial charge < -0.3 is 10.5 Å². The van der Waals surface area contributed by atoms with Crippen LogP contribution in [-0.4, -0.2) is 12.9 Å². The maximum atomic E-state index is 10.0. The minimum absolute atomic E-state index is 0.277. The van der Waals surface area contributed by atoms with E-state index in [1.807, 2.05) is 55.5 Å². The van der Waals surface area contributed by atoms with Crippen LogP contribution in [0.5, 0.6) is 0 Å². The van der Waals surface area contributed by atoms with Gasteiger partial charge in [0.1, 0.15) is 12.5 Å². The highest BCUT2D eigenvalue weighted by Crippen LogP contribution is 2.09. The average Bonchev–Trinajstić information content (AvgIpc) is 2.50. The van der Waals surface area contributed by atoms with Gasteiger partial charge in [-0.2, -0.15) is 0 Å². The second kappa shape index (κ2) is 9.03. The van der Waals surface area contributed by atoms with E-state index in [1.54, 1.807) is 12.1 Å². The smallest absolute Gasteiger partial charge is 0.150 e. The summed E-state index contributed by atoms with van der Waals surface area (Å²) in [5.74, 6) is 0. The van der Waals surface area contributed by atoms with Gasteiger partial charge in [0.25, 0.3) is 0 Å². The summed E-state index contributed by atoms with van der Waals surface area (Å²) in [6.45, 7) is 2.58. The molecule has 2 N–H and O–H groups in total. The predicted octanol–water partition coefficient (Wildman–Crippen LogP) is 3.18. The van der Waals surface area contributed by atoms with Crippen molar-refractivity contribution in [1.82, 2.24) is 0 Å². The Labute approximate surface area is 114 Å². The van der Waals surface area contributed by atoms with E-state index in [1.165, 1.54) is 0 Å². The SMILES string of the molecule is CCOC(N)c1ccccc1.O=Cc1ccccc1. The van der Waals surface area contributed by atoms with Crippen molar-refractivity contribution in [3.05, 3.63) is 71.8 Å². The summed E-state index contributed by atoms with van der Waals surface area (Å²) in [4.78, 5) is 10.0. The van der Waals surface area contributed by atoms with E-state index < -0.39 is 0 Å². The quantitative estimate of drug-likeness (QED) is 0.676. The highest BCUT2D eigenvalue weighted by molar-refractivity contribution is 5.74. The van der Waals surface area contributed by atoms with Crippen LogP contribution in [0.25, 0.3) is 0 Å². The minimum Gasteiger partial charge on any atom is -0.360 e. The van der Waals surface area contributed by atoms with E-state index in [2.05, 4.69) is 0 Å². The normalized spacial score (nSPS) is 11.1. The number of aldehydes is 1. The first-order valence-electron chi connectivity index (χ1n) is 6.20. The van der Waals surface area contributed by atoms with Crippen LogP contribution < -0.4 is 5.73 Å². The molecule has 2 aromatic carbocycles. The van der Waals surface area contributed by atoms with E-state index in [9.17, 15) is 4.79 Å². The molecular formula is C16H19NO2. The van der Waals surface area contributed by atoms with Crippen LogP contribution in [0, 0.1) is 0 Å². The van der Waals surface area contributed by atoms with E-state index >= 15 is 0 Å². The van der Waals surface area contributed by atoms with Crippen molar-refractivity contribution in [2.45, 2.75) is 13.2 Å². The summed E-state index contributed by atoms with van der Waals surface area (Å²) >= 11 is 0. The van der Waals surface area contributed by atoms with E-state index in [-0.39, 0.29) is 6.23 Å². The minimum atomic E-state index is -0.277. The van der Waals surface area contributed by atoms with Crippen molar-refractivity contribution >= 4 is 6.29 Å². The summed E-state index contributed by atoms with van der Waals surface area (Å²) in [5, 5.41) is 0. The third kappa shape index (κ3) is 5.95. The lowest BCUT2D eigenvalue weighted by Crippen LogP contribution is -2.13. The number of rotatable bonds is 4. The van der Waals surface area contributed by atoms with Crippen LogP contribution in [0.15, 0.2) is 60.7 Å². The molecule has 0 saturated heterocycles. The van der Waals surface area contributed by atoms with Crippen LogP contribution in [0.2, 0.25) is 0 Å². The molecule has 3 heteroatoms. The fourth-order valence-electron chi connectivity index (χ4n) is 1.45. The second-order valence-electron chi connectivity index (χ2n) is 3.82. The maximum absolute atomic E-state index is 10.0. The molecule has 0 aliphatic heterocycles. The van der Waals surface area contributed by atoms with Gasteiger partial charge in [-0.05, 0) is 12.5 Å². The molecule has 3 nitrogen and oxygen atoms in total. The number of carbonyl (C=O) groups is 1. The number of ether oxygens (including phenoxy) is 1. The molecule has 19 heavy (non-hydrogen) atoms. The molecule has 0 heterocycles. The molecule has 0 bridgehead atoms. The first-order valence-corrected chi connectivity index (χ1v) is 6.20. The van der Waals surface area contributed by atoms with Crippen molar-refractivity contribution in [3.8, 4) is 0 Å². The Morgan fingerprint density at radius 1 is 1.05 bits per heavy atom. The van der Waals surface area contributed by atoms with E-state index in [4.69, 9.17) is 10.5 Å². The van der Waals surface area contributed by atoms with Gasteiger partial charge in [-0.3, -0.25) is 4.79 Å². The largest absolute Gasteiger partial charge is 0.360 e. The van der Waals surface area contributed by atoms with Gasteiger partial charge in [-0.1, -0.05) is 60.7 Å². The van der Waals surface area contributed by atoms with Gasteiger partial charge >= 0.3 is 0 Å². The van der Waals surface area contributed by atoms with Crippen molar-refractivity contribution in [2.24, 2.45) is 5.73 Å². The third-order valence-corrected chi connectivity index (χ3v) is 2.41. The molecule has 2 rings (SSSR count). The van der Waals surface area contributed by atoms with E-state index in [0.29, 0.717) is 6.61 Å². The summed E-state index contributed by atoms with van der Waals surface area (Å²) in [7, 11) is 0. The summed E-state index contributed by atoms with van der Waals surface area (Å²) in [5.41, 5.74) is 7.44. The Kier molecular flexibility index (Phi) is 7.17. The Bertz CT molecular complexity index is 457. The molecule has 1 unspecified atom stereocenters. The van der Waals surface area contributed by atoms with Crippen molar-refractivity contribution in [3.63, 3.8) is 0 Å². The summed E-state index contributed by atoms with van der Waals surface area (Å²) in [6, 6.07) is 18.9. The lowest BCUT2D eigenvalue weighted by atomic mass is 10.2. The zero-order valence-corrected chi connectivity index (χ0v) is 11.0. The Morgan fingerprint density at radius 2 is 1.58 bits per heavy atom. The van der Waals surface area contributed by atoms with Crippen LogP contribution >= 0.6 is 0 Å². The van der Waals surface area contributed by atoms with Gasteiger partial charge in [0.2, 0.25) is 0 Å². The number of benzene rings is 2. The third-order valence-electron chi connectivity index (χ3n) is 2.41. The molecule has 2 aromatic rings. The second-order valence-corrected chi connectivity index (χ2v) is 3.82. The summed E-state index contributed by atoms with van der Waals surface area (Å²) in [6.07, 6.45) is 0.557. The summed E-state index contributed by atoms with van der Waals surface area (Å²) < 4.78 is 5.21. The molecule has 0 amide bonds. The van der Waals surface area contributed by atoms with Crippen LogP contribution in [0.1, 0.15) is 29.1 Å².